The molecular formula is C59H40N2O. The Balaban J connectivity index is 1.02. The zero-order valence-corrected chi connectivity index (χ0v) is 33.9. The average molecular weight is 793 g/mol. The van der Waals surface area contributed by atoms with Gasteiger partial charge < -0.3 is 13.9 Å². The molecule has 0 saturated carbocycles. The van der Waals surface area contributed by atoms with E-state index in [4.69, 9.17) is 4.42 Å². The van der Waals surface area contributed by atoms with E-state index < -0.39 is 0 Å². The Bertz CT molecular complexity index is 3560. The Morgan fingerprint density at radius 2 is 1.03 bits per heavy atom. The Kier molecular flexibility index (Phi) is 8.57. The first-order valence-electron chi connectivity index (χ1n) is 21.3. The summed E-state index contributed by atoms with van der Waals surface area (Å²) >= 11 is 0. The highest BCUT2D eigenvalue weighted by molar-refractivity contribution is 6.09. The quantitative estimate of drug-likeness (QED) is 0.160. The van der Waals surface area contributed by atoms with Crippen molar-refractivity contribution in [2.75, 3.05) is 4.90 Å². The van der Waals surface area contributed by atoms with Crippen LogP contribution in [0.15, 0.2) is 223 Å². The van der Waals surface area contributed by atoms with Gasteiger partial charge in [-0.05, 0) is 93.4 Å². The van der Waals surface area contributed by atoms with Gasteiger partial charge in [-0.25, -0.2) is 0 Å². The van der Waals surface area contributed by atoms with E-state index in [9.17, 15) is 0 Å². The van der Waals surface area contributed by atoms with Crippen molar-refractivity contribution in [2.45, 2.75) is 6.42 Å². The van der Waals surface area contributed by atoms with Crippen LogP contribution in [0.5, 0.6) is 0 Å². The predicted molar refractivity (Wildman–Crippen MR) is 259 cm³/mol. The van der Waals surface area contributed by atoms with Crippen molar-refractivity contribution in [3.05, 3.63) is 240 Å². The molecule has 0 atom stereocenters. The summed E-state index contributed by atoms with van der Waals surface area (Å²) in [5, 5.41) is 6.09. The fraction of sp³-hybridized carbons (Fsp3) is 0.0169. The lowest BCUT2D eigenvalue weighted by Gasteiger charge is -2.30. The van der Waals surface area contributed by atoms with Crippen LogP contribution in [0.4, 0.5) is 17.1 Å². The summed E-state index contributed by atoms with van der Waals surface area (Å²) in [5.41, 5.74) is 15.7. The van der Waals surface area contributed by atoms with Gasteiger partial charge >= 0.3 is 0 Å². The number of nitrogens with zero attached hydrogens (tertiary/aromatic N) is 2. The fourth-order valence-electron chi connectivity index (χ4n) is 9.60. The maximum absolute atomic E-state index is 6.66. The lowest BCUT2D eigenvalue weighted by molar-refractivity contribution is 0.568. The van der Waals surface area contributed by atoms with E-state index in [1.807, 2.05) is 0 Å². The molecule has 0 fully saturated rings. The molecule has 2 heterocycles. The van der Waals surface area contributed by atoms with Gasteiger partial charge in [-0.15, -0.1) is 0 Å². The molecular weight excluding hydrogens is 753 g/mol. The molecule has 0 unspecified atom stereocenters. The second-order valence-electron chi connectivity index (χ2n) is 16.0. The van der Waals surface area contributed by atoms with Gasteiger partial charge in [0.15, 0.2) is 0 Å². The maximum atomic E-state index is 6.66. The minimum atomic E-state index is 0.739. The summed E-state index contributed by atoms with van der Waals surface area (Å²) in [5.74, 6) is 0.991. The molecule has 1 aliphatic rings. The van der Waals surface area contributed by atoms with E-state index in [1.165, 1.54) is 32.2 Å². The molecule has 0 amide bonds. The lowest BCUT2D eigenvalue weighted by Crippen LogP contribution is -2.22. The van der Waals surface area contributed by atoms with Gasteiger partial charge in [0.2, 0.25) is 0 Å². The second-order valence-corrected chi connectivity index (χ2v) is 16.0. The lowest BCUT2D eigenvalue weighted by atomic mass is 9.94. The van der Waals surface area contributed by atoms with Crippen LogP contribution in [0.25, 0.3) is 84.0 Å². The Labute approximate surface area is 360 Å². The van der Waals surface area contributed by atoms with Gasteiger partial charge in [-0.1, -0.05) is 170 Å². The monoisotopic (exact) mass is 792 g/mol. The summed E-state index contributed by atoms with van der Waals surface area (Å²) in [6.07, 6.45) is 5.33. The van der Waals surface area contributed by atoms with Crippen LogP contribution >= 0.6 is 0 Å². The maximum Gasteiger partial charge on any atom is 0.135 e. The number of para-hydroxylation sites is 4. The summed E-state index contributed by atoms with van der Waals surface area (Å²) < 4.78 is 9.05. The van der Waals surface area contributed by atoms with Crippen molar-refractivity contribution in [1.29, 1.82) is 0 Å². The van der Waals surface area contributed by atoms with Gasteiger partial charge in [-0.2, -0.15) is 0 Å². The van der Waals surface area contributed by atoms with Crippen molar-refractivity contribution in [3.63, 3.8) is 0 Å². The number of furan rings is 1. The molecule has 11 aromatic rings. The van der Waals surface area contributed by atoms with E-state index in [2.05, 4.69) is 240 Å². The number of fused-ring (bicyclic) bond motifs is 7. The van der Waals surface area contributed by atoms with Crippen LogP contribution in [0.3, 0.4) is 0 Å². The SMILES string of the molecule is C1=c2ccccc2=Cc2c(oc3cccc(-c4ccccc4N(c4ccc(-c5cccc(-n6c7ccccc7c7ccccc76)c5)cc4)c4ccccc4-c4ccccc4)c23)C1. The number of hydrogen-bond acceptors (Lipinski definition) is 2. The average Bonchev–Trinajstić information content (AvgIpc) is 3.81. The van der Waals surface area contributed by atoms with Gasteiger partial charge in [0, 0.05) is 50.6 Å². The summed E-state index contributed by atoms with van der Waals surface area (Å²) in [6.45, 7) is 0. The second kappa shape index (κ2) is 14.8. The number of aromatic nitrogens is 1. The number of benzene rings is 9. The Hall–Kier alpha value is -8.14. The predicted octanol–water partition coefficient (Wildman–Crippen LogP) is 14.2. The van der Waals surface area contributed by atoms with E-state index in [0.717, 1.165) is 84.8 Å². The number of hydrogen-bond donors (Lipinski definition) is 0. The highest BCUT2D eigenvalue weighted by Crippen LogP contribution is 2.47. The first kappa shape index (κ1) is 35.8. The van der Waals surface area contributed by atoms with Gasteiger partial charge in [0.05, 0.1) is 22.4 Å². The molecule has 3 nitrogen and oxygen atoms in total. The number of anilines is 3. The van der Waals surface area contributed by atoms with Crippen LogP contribution in [-0.2, 0) is 6.42 Å². The zero-order valence-electron chi connectivity index (χ0n) is 33.9. The van der Waals surface area contributed by atoms with Gasteiger partial charge in [0.25, 0.3) is 0 Å². The highest BCUT2D eigenvalue weighted by Gasteiger charge is 2.24. The van der Waals surface area contributed by atoms with Crippen molar-refractivity contribution in [3.8, 4) is 39.1 Å². The van der Waals surface area contributed by atoms with Crippen LogP contribution in [-0.4, -0.2) is 4.57 Å². The normalized spacial score (nSPS) is 12.1. The van der Waals surface area contributed by atoms with E-state index in [1.54, 1.807) is 0 Å². The van der Waals surface area contributed by atoms with Gasteiger partial charge in [-0.3, -0.25) is 0 Å². The largest absolute Gasteiger partial charge is 0.460 e. The van der Waals surface area contributed by atoms with Crippen molar-refractivity contribution in [2.24, 2.45) is 0 Å². The zero-order chi connectivity index (χ0) is 41.0. The summed E-state index contributed by atoms with van der Waals surface area (Å²) in [4.78, 5) is 2.43. The minimum Gasteiger partial charge on any atom is -0.460 e. The molecule has 0 aliphatic heterocycles. The van der Waals surface area contributed by atoms with Crippen LogP contribution in [0.2, 0.25) is 0 Å². The third kappa shape index (κ3) is 5.97. The third-order valence-electron chi connectivity index (χ3n) is 12.4. The first-order valence-corrected chi connectivity index (χ1v) is 21.3. The molecule has 0 spiro atoms. The first-order chi connectivity index (χ1) is 30.8. The number of rotatable bonds is 7. The molecule has 9 aromatic carbocycles. The van der Waals surface area contributed by atoms with Crippen molar-refractivity contribution < 1.29 is 4.42 Å². The molecule has 2 aromatic heterocycles. The molecule has 292 valence electrons. The fourth-order valence-corrected chi connectivity index (χ4v) is 9.60. The molecule has 1 aliphatic carbocycles. The van der Waals surface area contributed by atoms with Crippen molar-refractivity contribution in [1.82, 2.24) is 4.57 Å². The Morgan fingerprint density at radius 3 is 1.81 bits per heavy atom. The molecule has 0 radical (unpaired) electrons. The minimum absolute atomic E-state index is 0.739. The molecule has 0 saturated heterocycles. The van der Waals surface area contributed by atoms with Crippen LogP contribution < -0.4 is 15.3 Å². The standard InChI is InChI=1S/C59H40N2O/c1-2-17-42(18-3-1)47-22-6-10-27-53(47)60(56-30-13-9-25-50(56)51-26-15-31-58-59(51)52-39-44-19-5-4-16-40(44)34-37-57(52)62-58)45-35-32-41(33-36-45)43-20-14-21-46(38-43)61-54-28-11-7-23-48(54)49-24-8-12-29-55(49)61/h1-36,38-39H,37H2. The van der Waals surface area contributed by atoms with E-state index in [0.29, 0.717) is 0 Å². The molecule has 0 bridgehead atoms. The summed E-state index contributed by atoms with van der Waals surface area (Å²) in [7, 11) is 0. The van der Waals surface area contributed by atoms with Gasteiger partial charge in [0.1, 0.15) is 11.3 Å². The molecule has 0 N–H and O–H groups in total. The van der Waals surface area contributed by atoms with Crippen LogP contribution in [0.1, 0.15) is 11.3 Å². The highest BCUT2D eigenvalue weighted by atomic mass is 16.3. The topological polar surface area (TPSA) is 21.3 Å². The smallest absolute Gasteiger partial charge is 0.135 e. The third-order valence-corrected chi connectivity index (χ3v) is 12.4. The van der Waals surface area contributed by atoms with Crippen molar-refractivity contribution >= 4 is 62.0 Å². The van der Waals surface area contributed by atoms with E-state index in [-0.39, 0.29) is 0 Å². The molecule has 3 heteroatoms. The summed E-state index contributed by atoms with van der Waals surface area (Å²) in [6, 6.07) is 78.7. The van der Waals surface area contributed by atoms with Crippen LogP contribution in [0, 0.1) is 0 Å². The van der Waals surface area contributed by atoms with E-state index >= 15 is 0 Å². The molecule has 12 rings (SSSR count). The molecule has 62 heavy (non-hydrogen) atoms. The Morgan fingerprint density at radius 1 is 0.435 bits per heavy atom.